The number of urea groups is 1. The fraction of sp³-hybridized carbons (Fsp3) is 0.250. The molecule has 0 spiro atoms. The van der Waals surface area contributed by atoms with E-state index in [2.05, 4.69) is 28.2 Å². The maximum Gasteiger partial charge on any atom is 0.322 e. The molecule has 0 aliphatic carbocycles. The second kappa shape index (κ2) is 11.5. The third-order valence-electron chi connectivity index (χ3n) is 6.16. The van der Waals surface area contributed by atoms with Crippen molar-refractivity contribution in [2.75, 3.05) is 25.6 Å². The molecule has 4 rings (SSSR count). The normalized spacial score (nSPS) is 11.9. The van der Waals surface area contributed by atoms with Crippen LogP contribution in [0.25, 0.3) is 16.6 Å². The minimum absolute atomic E-state index is 0.176. The van der Waals surface area contributed by atoms with Crippen LogP contribution in [-0.2, 0) is 11.2 Å². The number of nitrogens with zero attached hydrogens (tertiary/aromatic N) is 3. The number of benzene rings is 3. The van der Waals surface area contributed by atoms with Crippen LogP contribution in [0.2, 0.25) is 0 Å². The van der Waals surface area contributed by atoms with Gasteiger partial charge in [-0.3, -0.25) is 9.36 Å². The molecule has 36 heavy (non-hydrogen) atoms. The molecule has 1 aromatic heterocycles. The maximum atomic E-state index is 13.7. The van der Waals surface area contributed by atoms with Gasteiger partial charge in [0.15, 0.2) is 0 Å². The number of halogens is 1. The first-order chi connectivity index (χ1) is 17.4. The van der Waals surface area contributed by atoms with Gasteiger partial charge >= 0.3 is 6.03 Å². The fourth-order valence-electron chi connectivity index (χ4n) is 4.11. The van der Waals surface area contributed by atoms with Gasteiger partial charge in [-0.25, -0.2) is 9.78 Å². The van der Waals surface area contributed by atoms with E-state index >= 15 is 0 Å². The van der Waals surface area contributed by atoms with E-state index in [0.717, 1.165) is 10.9 Å². The second-order valence-electron chi connectivity index (χ2n) is 8.42. The Balaban J connectivity index is 1.83. The Kier molecular flexibility index (Phi) is 8.18. The molecule has 1 atom stereocenters. The van der Waals surface area contributed by atoms with Gasteiger partial charge in [0, 0.05) is 18.1 Å². The van der Waals surface area contributed by atoms with Gasteiger partial charge in [0.2, 0.25) is 0 Å². The molecule has 1 N–H and O–H groups in total. The van der Waals surface area contributed by atoms with Crippen molar-refractivity contribution in [1.29, 1.82) is 0 Å². The molecule has 0 saturated carbocycles. The Morgan fingerprint density at radius 3 is 2.47 bits per heavy atom. The number of methoxy groups -OCH3 is 1. The van der Waals surface area contributed by atoms with Crippen LogP contribution in [0, 0.1) is 0 Å². The Hall–Kier alpha value is -3.49. The summed E-state index contributed by atoms with van der Waals surface area (Å²) in [7, 11) is 1.59. The largest absolute Gasteiger partial charge is 0.383 e. The Morgan fingerprint density at radius 1 is 1.08 bits per heavy atom. The average Bonchev–Trinajstić information content (AvgIpc) is 2.90. The highest BCUT2D eigenvalue weighted by molar-refractivity contribution is 9.10. The number of hydrogen-bond donors (Lipinski definition) is 1. The molecule has 186 valence electrons. The SMILES string of the molecule is CCc1ccc(-n2c(C(C)N(CCOC)C(=O)Nc3ccccc3Br)nc3ccccc3c2=O)cc1. The number of ether oxygens (including phenoxy) is 1. The van der Waals surface area contributed by atoms with Crippen LogP contribution in [0.15, 0.2) is 82.1 Å². The molecule has 7 nitrogen and oxygen atoms in total. The summed E-state index contributed by atoms with van der Waals surface area (Å²) in [6.45, 7) is 4.61. The lowest BCUT2D eigenvalue weighted by atomic mass is 10.1. The van der Waals surface area contributed by atoms with E-state index < -0.39 is 6.04 Å². The van der Waals surface area contributed by atoms with Gasteiger partial charge in [0.1, 0.15) is 5.82 Å². The number of carbonyl (C=O) groups excluding carboxylic acids is 1. The number of hydrogen-bond acceptors (Lipinski definition) is 4. The van der Waals surface area contributed by atoms with Crippen molar-refractivity contribution in [3.63, 3.8) is 0 Å². The molecule has 0 aliphatic rings. The number of rotatable bonds is 8. The van der Waals surface area contributed by atoms with E-state index in [0.29, 0.717) is 41.3 Å². The summed E-state index contributed by atoms with van der Waals surface area (Å²) in [5, 5.41) is 3.49. The van der Waals surface area contributed by atoms with Gasteiger partial charge in [-0.2, -0.15) is 0 Å². The molecule has 2 amide bonds. The third-order valence-corrected chi connectivity index (χ3v) is 6.85. The van der Waals surface area contributed by atoms with Crippen LogP contribution in [0.5, 0.6) is 0 Å². The van der Waals surface area contributed by atoms with E-state index in [4.69, 9.17) is 9.72 Å². The first-order valence-corrected chi connectivity index (χ1v) is 12.7. The predicted molar refractivity (Wildman–Crippen MR) is 147 cm³/mol. The maximum absolute atomic E-state index is 13.7. The molecular weight excluding hydrogens is 520 g/mol. The number of anilines is 1. The van der Waals surface area contributed by atoms with Crippen LogP contribution in [0.4, 0.5) is 10.5 Å². The molecular formula is C28H29BrN4O3. The van der Waals surface area contributed by atoms with E-state index in [9.17, 15) is 9.59 Å². The quantitative estimate of drug-likeness (QED) is 0.295. The molecule has 0 radical (unpaired) electrons. The van der Waals surface area contributed by atoms with E-state index in [1.807, 2.05) is 73.7 Å². The molecule has 1 unspecified atom stereocenters. The van der Waals surface area contributed by atoms with Gasteiger partial charge in [-0.15, -0.1) is 0 Å². The highest BCUT2D eigenvalue weighted by Crippen LogP contribution is 2.26. The topological polar surface area (TPSA) is 76.5 Å². The van der Waals surface area contributed by atoms with Gasteiger partial charge in [0.25, 0.3) is 5.56 Å². The van der Waals surface area contributed by atoms with E-state index in [-0.39, 0.29) is 11.6 Å². The van der Waals surface area contributed by atoms with E-state index in [1.54, 1.807) is 22.6 Å². The monoisotopic (exact) mass is 548 g/mol. The number of aryl methyl sites for hydroxylation is 1. The lowest BCUT2D eigenvalue weighted by molar-refractivity contribution is 0.137. The van der Waals surface area contributed by atoms with Crippen molar-refractivity contribution in [1.82, 2.24) is 14.5 Å². The zero-order valence-electron chi connectivity index (χ0n) is 20.6. The number of para-hydroxylation sites is 2. The molecule has 0 saturated heterocycles. The molecule has 4 aromatic rings. The highest BCUT2D eigenvalue weighted by Gasteiger charge is 2.27. The lowest BCUT2D eigenvalue weighted by Gasteiger charge is -2.30. The smallest absolute Gasteiger partial charge is 0.322 e. The van der Waals surface area contributed by atoms with Crippen molar-refractivity contribution in [3.05, 3.63) is 99.0 Å². The molecule has 8 heteroatoms. The van der Waals surface area contributed by atoms with Gasteiger partial charge in [-0.1, -0.05) is 43.3 Å². The van der Waals surface area contributed by atoms with E-state index in [1.165, 1.54) is 5.56 Å². The fourth-order valence-corrected chi connectivity index (χ4v) is 4.49. The number of carbonyl (C=O) groups is 1. The second-order valence-corrected chi connectivity index (χ2v) is 9.27. The number of nitrogens with one attached hydrogen (secondary N) is 1. The Morgan fingerprint density at radius 2 is 1.78 bits per heavy atom. The summed E-state index contributed by atoms with van der Waals surface area (Å²) >= 11 is 3.48. The first-order valence-electron chi connectivity index (χ1n) is 11.9. The van der Waals surface area contributed by atoms with Crippen LogP contribution < -0.4 is 10.9 Å². The summed E-state index contributed by atoms with van der Waals surface area (Å²) in [6.07, 6.45) is 0.897. The number of fused-ring (bicyclic) bond motifs is 1. The minimum atomic E-state index is -0.536. The summed E-state index contributed by atoms with van der Waals surface area (Å²) in [6, 6.07) is 21.7. The van der Waals surface area contributed by atoms with Gasteiger partial charge in [0.05, 0.1) is 34.9 Å². The van der Waals surface area contributed by atoms with Crippen molar-refractivity contribution >= 4 is 38.6 Å². The van der Waals surface area contributed by atoms with Gasteiger partial charge < -0.3 is 15.0 Å². The lowest BCUT2D eigenvalue weighted by Crippen LogP contribution is -2.41. The molecule has 3 aromatic carbocycles. The highest BCUT2D eigenvalue weighted by atomic mass is 79.9. The van der Waals surface area contributed by atoms with Crippen molar-refractivity contribution < 1.29 is 9.53 Å². The van der Waals surface area contributed by atoms with Crippen molar-refractivity contribution in [2.24, 2.45) is 0 Å². The van der Waals surface area contributed by atoms with Crippen molar-refractivity contribution in [2.45, 2.75) is 26.3 Å². The molecule has 0 fully saturated rings. The average molecular weight is 549 g/mol. The summed E-state index contributed by atoms with van der Waals surface area (Å²) < 4.78 is 7.68. The minimum Gasteiger partial charge on any atom is -0.383 e. The summed E-state index contributed by atoms with van der Waals surface area (Å²) in [5.41, 5.74) is 2.93. The Bertz CT molecular complexity index is 1420. The third kappa shape index (κ3) is 5.34. The predicted octanol–water partition coefficient (Wildman–Crippen LogP) is 5.95. The van der Waals surface area contributed by atoms with Crippen LogP contribution in [-0.4, -0.2) is 40.7 Å². The van der Waals surface area contributed by atoms with Crippen LogP contribution in [0.1, 0.15) is 31.3 Å². The van der Waals surface area contributed by atoms with Gasteiger partial charge in [-0.05, 0) is 71.2 Å². The summed E-state index contributed by atoms with van der Waals surface area (Å²) in [4.78, 5) is 33.7. The van der Waals surface area contributed by atoms with Crippen LogP contribution >= 0.6 is 15.9 Å². The standard InChI is InChI=1S/C28H29BrN4O3/c1-4-20-13-15-21(16-14-20)33-26(30-24-11-7-5-9-22(24)27(33)34)19(2)32(17-18-36-3)28(35)31-25-12-8-6-10-23(25)29/h5-16,19H,4,17-18H2,1-3H3,(H,31,35). The molecule has 0 aliphatic heterocycles. The number of aromatic nitrogens is 2. The molecule has 0 bridgehead atoms. The summed E-state index contributed by atoms with van der Waals surface area (Å²) in [5.74, 6) is 0.473. The zero-order chi connectivity index (χ0) is 25.7. The molecule has 1 heterocycles. The first kappa shape index (κ1) is 25.6. The van der Waals surface area contributed by atoms with Crippen LogP contribution in [0.3, 0.4) is 0 Å². The number of amides is 2. The zero-order valence-corrected chi connectivity index (χ0v) is 22.2. The van der Waals surface area contributed by atoms with Crippen molar-refractivity contribution in [3.8, 4) is 5.69 Å². The Labute approximate surface area is 218 Å².